The second kappa shape index (κ2) is 17.3. The van der Waals surface area contributed by atoms with Crippen molar-refractivity contribution in [2.75, 3.05) is 21.5 Å². The molecule has 0 radical (unpaired) electrons. The first-order valence-corrected chi connectivity index (χ1v) is 10.0. The molecule has 0 aliphatic rings. The van der Waals surface area contributed by atoms with Crippen LogP contribution in [-0.2, 0) is 25.7 Å². The van der Waals surface area contributed by atoms with Gasteiger partial charge in [0.15, 0.2) is 0 Å². The molecular weight excluding hydrogens is 381 g/mol. The lowest BCUT2D eigenvalue weighted by atomic mass is 10.00. The fourth-order valence-electron chi connectivity index (χ4n) is 2.96. The van der Waals surface area contributed by atoms with Gasteiger partial charge in [-0.1, -0.05) is 83.9 Å². The molecule has 3 heteroatoms. The van der Waals surface area contributed by atoms with Gasteiger partial charge in [0, 0.05) is 0 Å². The maximum Gasteiger partial charge on any atom is 0.0785 e. The summed E-state index contributed by atoms with van der Waals surface area (Å²) < 4.78 is 28.5. The molecule has 3 aromatic carbocycles. The maximum atomic E-state index is 9.50. The van der Waals surface area contributed by atoms with E-state index >= 15 is 0 Å². The number of aryl methyl sites for hydroxylation is 6. The van der Waals surface area contributed by atoms with E-state index in [1.165, 1.54) is 33.4 Å². The maximum absolute atomic E-state index is 9.50. The molecule has 0 fully saturated rings. The standard InChI is InChI=1S/C24H26.3CH3F/c1-19-3-7-21(8-4-19)11-13-23-15-17-24(18-16-23)14-12-22-9-5-20(2)6-10-22;3*1-2/h3-10,15-18H,11-14H2,1-2H3;3*1H3. The highest BCUT2D eigenvalue weighted by Gasteiger charge is 1.99. The highest BCUT2D eigenvalue weighted by Crippen LogP contribution is 2.13. The molecule has 0 heterocycles. The van der Waals surface area contributed by atoms with Gasteiger partial charge in [0.25, 0.3) is 0 Å². The molecule has 0 saturated heterocycles. The van der Waals surface area contributed by atoms with E-state index in [-0.39, 0.29) is 0 Å². The lowest BCUT2D eigenvalue weighted by molar-refractivity contribution is 0.635. The topological polar surface area (TPSA) is 0 Å². The molecule has 0 spiro atoms. The van der Waals surface area contributed by atoms with Gasteiger partial charge in [-0.3, -0.25) is 13.2 Å². The summed E-state index contributed by atoms with van der Waals surface area (Å²) in [7, 11) is 1.50. The molecule has 0 amide bonds. The van der Waals surface area contributed by atoms with Crippen molar-refractivity contribution >= 4 is 0 Å². The van der Waals surface area contributed by atoms with Gasteiger partial charge in [-0.15, -0.1) is 0 Å². The Kier molecular flexibility index (Phi) is 15.8. The highest BCUT2D eigenvalue weighted by molar-refractivity contribution is 5.27. The lowest BCUT2D eigenvalue weighted by Crippen LogP contribution is -1.94. The van der Waals surface area contributed by atoms with Gasteiger partial charge in [0.1, 0.15) is 0 Å². The van der Waals surface area contributed by atoms with E-state index in [9.17, 15) is 13.2 Å². The third-order valence-corrected chi connectivity index (χ3v) is 4.67. The van der Waals surface area contributed by atoms with Crippen LogP contribution in [0.1, 0.15) is 33.4 Å². The largest absolute Gasteiger partial charge is 0.255 e. The van der Waals surface area contributed by atoms with E-state index in [1.807, 2.05) is 0 Å². The van der Waals surface area contributed by atoms with Crippen molar-refractivity contribution in [3.05, 3.63) is 106 Å². The fourth-order valence-corrected chi connectivity index (χ4v) is 2.96. The minimum Gasteiger partial charge on any atom is -0.255 e. The van der Waals surface area contributed by atoms with E-state index in [2.05, 4.69) is 86.6 Å². The summed E-state index contributed by atoms with van der Waals surface area (Å²) >= 11 is 0. The second-order valence-electron chi connectivity index (χ2n) is 6.79. The molecule has 0 bridgehead atoms. The van der Waals surface area contributed by atoms with Crippen molar-refractivity contribution in [2.45, 2.75) is 39.5 Å². The van der Waals surface area contributed by atoms with Crippen LogP contribution in [0.15, 0.2) is 72.8 Å². The van der Waals surface area contributed by atoms with Crippen molar-refractivity contribution in [3.8, 4) is 0 Å². The molecule has 0 aromatic heterocycles. The van der Waals surface area contributed by atoms with Gasteiger partial charge in [-0.2, -0.15) is 0 Å². The number of benzene rings is 3. The van der Waals surface area contributed by atoms with Gasteiger partial charge >= 0.3 is 0 Å². The quantitative estimate of drug-likeness (QED) is 0.387. The Labute approximate surface area is 180 Å². The summed E-state index contributed by atoms with van der Waals surface area (Å²) in [6.07, 6.45) is 4.45. The number of halogens is 3. The first kappa shape index (κ1) is 27.4. The highest BCUT2D eigenvalue weighted by atomic mass is 19.1. The molecule has 0 aliphatic heterocycles. The Balaban J connectivity index is 0.00000129. The molecule has 164 valence electrons. The molecule has 0 saturated carbocycles. The van der Waals surface area contributed by atoms with Crippen LogP contribution in [0.2, 0.25) is 0 Å². The van der Waals surface area contributed by atoms with E-state index in [0.717, 1.165) is 25.7 Å². The zero-order chi connectivity index (χ0) is 22.8. The Morgan fingerprint density at radius 2 is 0.533 bits per heavy atom. The van der Waals surface area contributed by atoms with Crippen LogP contribution >= 0.6 is 0 Å². The lowest BCUT2D eigenvalue weighted by Gasteiger charge is -2.06. The Morgan fingerprint density at radius 1 is 0.367 bits per heavy atom. The molecule has 0 N–H and O–H groups in total. The normalized spacial score (nSPS) is 9.20. The van der Waals surface area contributed by atoms with Gasteiger partial charge in [-0.25, -0.2) is 0 Å². The summed E-state index contributed by atoms with van der Waals surface area (Å²) in [5, 5.41) is 0. The first-order valence-electron chi connectivity index (χ1n) is 10.0. The first-order chi connectivity index (χ1) is 14.7. The number of alkyl halides is 3. The van der Waals surface area contributed by atoms with Crippen LogP contribution in [0.4, 0.5) is 13.2 Å². The van der Waals surface area contributed by atoms with Gasteiger partial charge < -0.3 is 0 Å². The van der Waals surface area contributed by atoms with Gasteiger partial charge in [-0.05, 0) is 61.8 Å². The van der Waals surface area contributed by atoms with Gasteiger partial charge in [0.2, 0.25) is 0 Å². The van der Waals surface area contributed by atoms with Crippen LogP contribution in [0.3, 0.4) is 0 Å². The van der Waals surface area contributed by atoms with E-state index in [0.29, 0.717) is 21.5 Å². The summed E-state index contributed by atoms with van der Waals surface area (Å²) in [4.78, 5) is 0. The van der Waals surface area contributed by atoms with E-state index in [4.69, 9.17) is 0 Å². The van der Waals surface area contributed by atoms with Crippen LogP contribution < -0.4 is 0 Å². The smallest absolute Gasteiger partial charge is 0.0785 e. The fraction of sp³-hybridized carbons (Fsp3) is 0.333. The Morgan fingerprint density at radius 3 is 0.733 bits per heavy atom. The van der Waals surface area contributed by atoms with Crippen LogP contribution in [0.25, 0.3) is 0 Å². The summed E-state index contributed by atoms with van der Waals surface area (Å²) in [6, 6.07) is 26.9. The van der Waals surface area contributed by atoms with Crippen LogP contribution in [0.5, 0.6) is 0 Å². The van der Waals surface area contributed by atoms with E-state index < -0.39 is 0 Å². The molecular formula is C27H35F3. The van der Waals surface area contributed by atoms with Crippen molar-refractivity contribution in [1.82, 2.24) is 0 Å². The minimum atomic E-state index is 0.500. The second-order valence-corrected chi connectivity index (χ2v) is 6.79. The summed E-state index contributed by atoms with van der Waals surface area (Å²) in [5.74, 6) is 0. The predicted octanol–water partition coefficient (Wildman–Crippen LogP) is 7.63. The average molecular weight is 417 g/mol. The van der Waals surface area contributed by atoms with Crippen LogP contribution in [0, 0.1) is 13.8 Å². The molecule has 3 rings (SSSR count). The number of hydrogen-bond acceptors (Lipinski definition) is 0. The zero-order valence-electron chi connectivity index (χ0n) is 18.9. The minimum absolute atomic E-state index is 0.500. The predicted molar refractivity (Wildman–Crippen MR) is 125 cm³/mol. The zero-order valence-corrected chi connectivity index (χ0v) is 18.9. The molecule has 0 nitrogen and oxygen atoms in total. The third-order valence-electron chi connectivity index (χ3n) is 4.67. The monoisotopic (exact) mass is 416 g/mol. The van der Waals surface area contributed by atoms with Crippen molar-refractivity contribution in [3.63, 3.8) is 0 Å². The van der Waals surface area contributed by atoms with Gasteiger partial charge in [0.05, 0.1) is 21.5 Å². The number of rotatable bonds is 6. The Hall–Kier alpha value is -2.55. The SMILES string of the molecule is CF.CF.CF.Cc1ccc(CCc2ccc(CCc3ccc(C)cc3)cc2)cc1. The number of hydrogen-bond donors (Lipinski definition) is 0. The molecule has 0 unspecified atom stereocenters. The molecule has 0 aliphatic carbocycles. The van der Waals surface area contributed by atoms with Crippen molar-refractivity contribution < 1.29 is 13.2 Å². The summed E-state index contributed by atoms with van der Waals surface area (Å²) in [6.45, 7) is 4.28. The Bertz CT molecular complexity index is 692. The van der Waals surface area contributed by atoms with Crippen molar-refractivity contribution in [2.24, 2.45) is 0 Å². The van der Waals surface area contributed by atoms with Crippen LogP contribution in [-0.4, -0.2) is 21.5 Å². The summed E-state index contributed by atoms with van der Waals surface area (Å²) in [5.41, 5.74) is 8.35. The molecule has 30 heavy (non-hydrogen) atoms. The van der Waals surface area contributed by atoms with Crippen molar-refractivity contribution in [1.29, 1.82) is 0 Å². The average Bonchev–Trinajstić information content (AvgIpc) is 2.83. The molecule has 3 aromatic rings. The third kappa shape index (κ3) is 10.8. The molecule has 0 atom stereocenters. The van der Waals surface area contributed by atoms with E-state index in [1.54, 1.807) is 0 Å².